The second kappa shape index (κ2) is 38.9. The standard InChI is InChI=1S/C80H134F6N12O3/c1-12-24-66-50-88-73(60(4)13-2)57-97-44-22-28-68(97)53-91(7)67-27-16-15-19-43-96(55-67)69(47-61-29-33-64(34-30-61)79(81,82)83)52-89(5)46-40-87-65(35-31-62-32-36-72(80(84,85)86)76(48-62)100-11)51-98-56-71(101-14-3)49-70(98)54-94(10)78(38-23-39-78)59-93(9)75(63-25-17-18-26-63)58-92(8)74(37-45-90(66)6)77(99)95-41-20-21-42-95/h15-16,29-30,32-34,36,48,60,63,65-71,73-75,87-88H,12-14,17-28,31,35,37-47,49-59H2,1-11H3/b16-15-/t60-,65-,66-,67-,68-,69-,70-,71+,73+,74-,75+/m0/s1. The molecule has 21 heteroatoms. The van der Waals surface area contributed by atoms with Gasteiger partial charge in [0, 0.05) is 165 Å². The molecule has 2 saturated carbocycles. The zero-order valence-electron chi connectivity index (χ0n) is 64.2. The first-order chi connectivity index (χ1) is 48.4. The van der Waals surface area contributed by atoms with E-state index in [1.807, 2.05) is 0 Å². The number of carbonyl (C=O) groups excluding carboxylic acids is 1. The van der Waals surface area contributed by atoms with Gasteiger partial charge in [-0.15, -0.1) is 0 Å². The SMILES string of the molecule is CCC[C@H]1CN[C@@H]([C@@H](C)CC)CN2CCC[C@H]2CN(C)[C@H]2C/C=C\CCN(C2)[C@@H](Cc2ccc(C(F)(F)F)cc2)CN(C)CCN[C@@H](CCc2ccc(C(F)(F)F)c(OC)c2)CN2C[C@H](OCC)C[C@H]2CN(C)C2(CCC2)CN(C)[C@@H](C2CCCC2)CN(C)[C@H](C(=O)N2CCCC2)CCN1C. The molecule has 1 spiro atoms. The van der Waals surface area contributed by atoms with E-state index in [2.05, 4.69) is 142 Å². The summed E-state index contributed by atoms with van der Waals surface area (Å²) in [5.74, 6) is 1.18. The molecule has 0 aromatic heterocycles. The van der Waals surface area contributed by atoms with E-state index in [1.165, 1.54) is 57.8 Å². The molecule has 1 unspecified atom stereocenters. The Morgan fingerprint density at radius 2 is 1.39 bits per heavy atom. The number of benzene rings is 2. The zero-order valence-corrected chi connectivity index (χ0v) is 64.2. The number of hydrogen-bond acceptors (Lipinski definition) is 14. The summed E-state index contributed by atoms with van der Waals surface area (Å²) in [7, 11) is 15.1. The summed E-state index contributed by atoms with van der Waals surface area (Å²) in [6.45, 7) is 24.2. The van der Waals surface area contributed by atoms with Crippen LogP contribution in [0.15, 0.2) is 54.6 Å². The number of alkyl halides is 6. The first-order valence-electron chi connectivity index (χ1n) is 39.7. The van der Waals surface area contributed by atoms with Crippen molar-refractivity contribution in [1.82, 2.24) is 59.6 Å². The molecule has 5 heterocycles. The minimum absolute atomic E-state index is 0.00916. The molecule has 0 radical (unpaired) electrons. The van der Waals surface area contributed by atoms with E-state index in [-0.39, 0.29) is 47.6 Å². The van der Waals surface area contributed by atoms with E-state index < -0.39 is 23.5 Å². The van der Waals surface area contributed by atoms with Gasteiger partial charge in [-0.05, 0) is 212 Å². The first kappa shape index (κ1) is 81.6. The number of likely N-dealkylation sites (tertiary alicyclic amines) is 1. The van der Waals surface area contributed by atoms with Gasteiger partial charge in [0.1, 0.15) is 5.75 Å². The Kier molecular flexibility index (Phi) is 31.4. The molecule has 7 aliphatic rings. The monoisotopic (exact) mass is 1430 g/mol. The third-order valence-corrected chi connectivity index (χ3v) is 25.4. The van der Waals surface area contributed by atoms with Gasteiger partial charge in [-0.1, -0.05) is 76.8 Å². The number of methoxy groups -OCH3 is 1. The minimum atomic E-state index is -4.54. The van der Waals surface area contributed by atoms with E-state index in [1.54, 1.807) is 24.3 Å². The molecule has 2 N–H and O–H groups in total. The Hall–Kier alpha value is -3.45. The summed E-state index contributed by atoms with van der Waals surface area (Å²) >= 11 is 0. The van der Waals surface area contributed by atoms with Gasteiger partial charge in [0.2, 0.25) is 5.91 Å². The van der Waals surface area contributed by atoms with Crippen molar-refractivity contribution >= 4 is 5.91 Å². The summed E-state index contributed by atoms with van der Waals surface area (Å²) in [5.41, 5.74) is 0.245. The Bertz CT molecular complexity index is 2780. The topological polar surface area (TPSA) is 92.0 Å². The number of hydrogen-bond donors (Lipinski definition) is 2. The van der Waals surface area contributed by atoms with Crippen LogP contribution in [0.2, 0.25) is 0 Å². The summed E-state index contributed by atoms with van der Waals surface area (Å²) in [5, 5.41) is 8.24. The zero-order chi connectivity index (χ0) is 72.4. The highest BCUT2D eigenvalue weighted by Crippen LogP contribution is 2.42. The molecule has 15 nitrogen and oxygen atoms in total. The van der Waals surface area contributed by atoms with Crippen LogP contribution in [0.4, 0.5) is 26.3 Å². The lowest BCUT2D eigenvalue weighted by Crippen LogP contribution is -2.63. The van der Waals surface area contributed by atoms with Crippen LogP contribution in [-0.4, -0.2) is 288 Å². The fourth-order valence-corrected chi connectivity index (χ4v) is 18.6. The lowest BCUT2D eigenvalue weighted by atomic mass is 9.74. The second-order valence-corrected chi connectivity index (χ2v) is 32.4. The van der Waals surface area contributed by atoms with Gasteiger partial charge in [0.25, 0.3) is 0 Å². The number of likely N-dealkylation sites (N-methyl/N-ethyl adjacent to an activating group) is 6. The van der Waals surface area contributed by atoms with Gasteiger partial charge in [-0.25, -0.2) is 0 Å². The second-order valence-electron chi connectivity index (χ2n) is 32.4. The van der Waals surface area contributed by atoms with E-state index in [0.29, 0.717) is 87.4 Å². The number of amides is 1. The van der Waals surface area contributed by atoms with Crippen molar-refractivity contribution in [1.29, 1.82) is 0 Å². The summed E-state index contributed by atoms with van der Waals surface area (Å²) < 4.78 is 96.6. The molecule has 9 rings (SSSR count). The number of nitrogens with one attached hydrogen (secondary N) is 2. The molecular formula is C80H134F6N12O3. The minimum Gasteiger partial charge on any atom is -0.496 e. The lowest BCUT2D eigenvalue weighted by Gasteiger charge is -2.53. The van der Waals surface area contributed by atoms with Crippen LogP contribution in [0.1, 0.15) is 172 Å². The molecule has 12 atom stereocenters. The van der Waals surface area contributed by atoms with Crippen LogP contribution >= 0.6 is 0 Å². The summed E-state index contributed by atoms with van der Waals surface area (Å²) in [6, 6.07) is 11.7. The molecule has 2 bridgehead atoms. The van der Waals surface area contributed by atoms with Crippen molar-refractivity contribution in [2.24, 2.45) is 11.8 Å². The van der Waals surface area contributed by atoms with E-state index >= 15 is 4.79 Å². The average Bonchev–Trinajstić information content (AvgIpc) is 1.62. The highest BCUT2D eigenvalue weighted by atomic mass is 19.4. The smallest absolute Gasteiger partial charge is 0.419 e. The molecule has 2 aliphatic carbocycles. The van der Waals surface area contributed by atoms with Gasteiger partial charge < -0.3 is 44.6 Å². The number of fused-ring (bicyclic) bond motifs is 4. The highest BCUT2D eigenvalue weighted by Gasteiger charge is 2.47. The Labute approximate surface area is 606 Å². The van der Waals surface area contributed by atoms with Crippen molar-refractivity contribution in [3.05, 3.63) is 76.9 Å². The largest absolute Gasteiger partial charge is 0.496 e. The van der Waals surface area contributed by atoms with E-state index in [0.717, 1.165) is 186 Å². The fourth-order valence-electron chi connectivity index (χ4n) is 18.6. The van der Waals surface area contributed by atoms with E-state index in [9.17, 15) is 26.3 Å². The maximum absolute atomic E-state index is 15.1. The van der Waals surface area contributed by atoms with Crippen LogP contribution in [0, 0.1) is 11.8 Å². The highest BCUT2D eigenvalue weighted by molar-refractivity contribution is 5.82. The lowest BCUT2D eigenvalue weighted by molar-refractivity contribution is -0.139. The van der Waals surface area contributed by atoms with Gasteiger partial charge in [0.05, 0.1) is 30.4 Å². The third kappa shape index (κ3) is 23.0. The predicted octanol–water partition coefficient (Wildman–Crippen LogP) is 11.8. The Balaban J connectivity index is 1.03. The van der Waals surface area contributed by atoms with Crippen molar-refractivity contribution in [3.8, 4) is 5.75 Å². The maximum atomic E-state index is 15.1. The first-order valence-corrected chi connectivity index (χ1v) is 39.7. The van der Waals surface area contributed by atoms with Crippen LogP contribution in [-0.2, 0) is 34.7 Å². The normalized spacial score (nSPS) is 31.3. The molecule has 101 heavy (non-hydrogen) atoms. The predicted molar refractivity (Wildman–Crippen MR) is 398 cm³/mol. The van der Waals surface area contributed by atoms with Crippen LogP contribution in [0.5, 0.6) is 5.75 Å². The van der Waals surface area contributed by atoms with Gasteiger partial charge in [0.15, 0.2) is 0 Å². The summed E-state index contributed by atoms with van der Waals surface area (Å²) in [4.78, 5) is 40.8. The molecule has 5 aliphatic heterocycles. The van der Waals surface area contributed by atoms with Gasteiger partial charge in [-0.3, -0.25) is 29.3 Å². The quantitative estimate of drug-likeness (QED) is 0.139. The number of ether oxygens (including phenoxy) is 2. The third-order valence-electron chi connectivity index (χ3n) is 25.4. The van der Waals surface area contributed by atoms with Crippen LogP contribution in [0.25, 0.3) is 0 Å². The summed E-state index contributed by atoms with van der Waals surface area (Å²) in [6.07, 6.45) is 17.2. The van der Waals surface area contributed by atoms with Crippen molar-refractivity contribution < 1.29 is 40.6 Å². The number of carbonyl (C=O) groups is 1. The van der Waals surface area contributed by atoms with Gasteiger partial charge >= 0.3 is 12.4 Å². The number of aryl methyl sites for hydroxylation is 1. The van der Waals surface area contributed by atoms with Crippen molar-refractivity contribution in [2.75, 3.05) is 167 Å². The molecule has 2 aromatic rings. The molecule has 2 aromatic carbocycles. The molecule has 4 saturated heterocycles. The Morgan fingerprint density at radius 1 is 0.644 bits per heavy atom. The fraction of sp³-hybridized carbons (Fsp3) is 0.812. The van der Waals surface area contributed by atoms with Crippen molar-refractivity contribution in [3.63, 3.8) is 0 Å². The van der Waals surface area contributed by atoms with Gasteiger partial charge in [-0.2, -0.15) is 26.3 Å². The van der Waals surface area contributed by atoms with Crippen LogP contribution < -0.4 is 15.4 Å². The molecular weight excluding hydrogens is 1290 g/mol. The van der Waals surface area contributed by atoms with E-state index in [4.69, 9.17) is 9.47 Å². The molecule has 6 fully saturated rings. The van der Waals surface area contributed by atoms with Crippen molar-refractivity contribution in [2.45, 2.75) is 241 Å². The Morgan fingerprint density at radius 3 is 2.06 bits per heavy atom. The number of nitrogens with zero attached hydrogens (tertiary/aromatic N) is 10. The number of rotatable bonds is 14. The van der Waals surface area contributed by atoms with Crippen LogP contribution in [0.3, 0.4) is 0 Å². The molecule has 574 valence electrons. The maximum Gasteiger partial charge on any atom is 0.419 e. The molecule has 1 amide bonds. The average molecular weight is 1430 g/mol. The number of halogens is 6.